The van der Waals surface area contributed by atoms with Crippen molar-refractivity contribution in [2.75, 3.05) is 6.61 Å². The molecule has 0 spiro atoms. The lowest BCUT2D eigenvalue weighted by Crippen LogP contribution is -1.98. The normalized spacial score (nSPS) is 15.6. The van der Waals surface area contributed by atoms with Crippen LogP contribution in [0.25, 0.3) is 0 Å². The first-order valence-electron chi connectivity index (χ1n) is 6.05. The molecule has 88 valence electrons. The van der Waals surface area contributed by atoms with Crippen molar-refractivity contribution in [2.24, 2.45) is 0 Å². The van der Waals surface area contributed by atoms with Crippen molar-refractivity contribution in [3.8, 4) is 0 Å². The fourth-order valence-electron chi connectivity index (χ4n) is 1.36. The zero-order chi connectivity index (χ0) is 11.4. The molecule has 0 aromatic carbocycles. The van der Waals surface area contributed by atoms with Gasteiger partial charge in [0, 0.05) is 6.92 Å². The molecule has 0 fully saturated rings. The Morgan fingerprint density at radius 2 is 1.67 bits per heavy atom. The molecule has 2 heteroatoms. The smallest absolute Gasteiger partial charge is 0.302 e. The van der Waals surface area contributed by atoms with Crippen LogP contribution in [0.1, 0.15) is 58.8 Å². The van der Waals surface area contributed by atoms with Gasteiger partial charge in [-0.3, -0.25) is 4.79 Å². The van der Waals surface area contributed by atoms with Gasteiger partial charge in [-0.25, -0.2) is 0 Å². The van der Waals surface area contributed by atoms with Gasteiger partial charge in [0.05, 0.1) is 6.61 Å². The van der Waals surface area contributed by atoms with Crippen LogP contribution in [0.5, 0.6) is 0 Å². The molecule has 1 rings (SSSR count). The molecule has 0 N–H and O–H groups in total. The Hall–Kier alpha value is -0.790. The minimum atomic E-state index is -0.193. The highest BCUT2D eigenvalue weighted by molar-refractivity contribution is 5.65. The van der Waals surface area contributed by atoms with Gasteiger partial charge in [-0.2, -0.15) is 0 Å². The van der Waals surface area contributed by atoms with Crippen molar-refractivity contribution in [2.45, 2.75) is 58.8 Å². The molecule has 0 aliphatic heterocycles. The molecule has 1 aliphatic carbocycles. The maximum absolute atomic E-state index is 9.98. The van der Waals surface area contributed by atoms with Crippen LogP contribution in [-0.4, -0.2) is 12.6 Å². The van der Waals surface area contributed by atoms with E-state index < -0.39 is 0 Å². The lowest BCUT2D eigenvalue weighted by atomic mass is 10.1. The fourth-order valence-corrected chi connectivity index (χ4v) is 1.36. The molecule has 0 unspecified atom stereocenters. The molecule has 1 aliphatic rings. The lowest BCUT2D eigenvalue weighted by Gasteiger charge is -2.00. The van der Waals surface area contributed by atoms with Crippen LogP contribution in [0.2, 0.25) is 0 Å². The number of carbonyl (C=O) groups excluding carboxylic acids is 1. The molecule has 2 nitrogen and oxygen atoms in total. The van der Waals surface area contributed by atoms with Crippen LogP contribution in [0, 0.1) is 0 Å². The number of esters is 1. The highest BCUT2D eigenvalue weighted by Crippen LogP contribution is 2.09. The van der Waals surface area contributed by atoms with Crippen molar-refractivity contribution in [1.82, 2.24) is 0 Å². The average Bonchev–Trinajstić information content (AvgIpc) is 2.14. The van der Waals surface area contributed by atoms with Gasteiger partial charge in [0.25, 0.3) is 0 Å². The second-order valence-electron chi connectivity index (χ2n) is 3.80. The van der Waals surface area contributed by atoms with Crippen LogP contribution in [0.15, 0.2) is 12.2 Å². The first kappa shape index (κ1) is 14.2. The summed E-state index contributed by atoms with van der Waals surface area (Å²) in [6.07, 6.45) is 13.9. The number of allylic oxidation sites excluding steroid dienone is 2. The summed E-state index contributed by atoms with van der Waals surface area (Å²) in [6.45, 7) is 3.92. The van der Waals surface area contributed by atoms with Gasteiger partial charge in [-0.05, 0) is 32.1 Å². The monoisotopic (exact) mass is 212 g/mol. The first-order valence-corrected chi connectivity index (χ1v) is 6.05. The minimum absolute atomic E-state index is 0.193. The molecule has 0 atom stereocenters. The minimum Gasteiger partial charge on any atom is -0.466 e. The van der Waals surface area contributed by atoms with Crippen molar-refractivity contribution < 1.29 is 9.53 Å². The predicted molar refractivity (Wildman–Crippen MR) is 63.8 cm³/mol. The third-order valence-electron chi connectivity index (χ3n) is 2.17. The third kappa shape index (κ3) is 13.2. The SMILES string of the molecule is C1=CCCCCCC1.CCCOC(C)=O. The Morgan fingerprint density at radius 1 is 1.13 bits per heavy atom. The second kappa shape index (κ2) is 11.3. The van der Waals surface area contributed by atoms with Crippen molar-refractivity contribution in [3.05, 3.63) is 12.2 Å². The van der Waals surface area contributed by atoms with E-state index in [0.717, 1.165) is 6.42 Å². The van der Waals surface area contributed by atoms with Crippen LogP contribution < -0.4 is 0 Å². The van der Waals surface area contributed by atoms with Gasteiger partial charge in [0.1, 0.15) is 0 Å². The predicted octanol–water partition coefficient (Wildman–Crippen LogP) is 3.86. The van der Waals surface area contributed by atoms with Gasteiger partial charge < -0.3 is 4.74 Å². The van der Waals surface area contributed by atoms with Gasteiger partial charge in [-0.15, -0.1) is 0 Å². The Morgan fingerprint density at radius 3 is 2.00 bits per heavy atom. The van der Waals surface area contributed by atoms with Crippen molar-refractivity contribution in [3.63, 3.8) is 0 Å². The van der Waals surface area contributed by atoms with E-state index in [1.807, 2.05) is 6.92 Å². The average molecular weight is 212 g/mol. The highest BCUT2D eigenvalue weighted by atomic mass is 16.5. The van der Waals surface area contributed by atoms with Crippen molar-refractivity contribution >= 4 is 5.97 Å². The summed E-state index contributed by atoms with van der Waals surface area (Å²) in [5.41, 5.74) is 0. The van der Waals surface area contributed by atoms with E-state index in [1.165, 1.54) is 45.4 Å². The van der Waals surface area contributed by atoms with E-state index in [0.29, 0.717) is 6.61 Å². The number of hydrogen-bond donors (Lipinski definition) is 0. The van der Waals surface area contributed by atoms with Gasteiger partial charge in [-0.1, -0.05) is 31.9 Å². The van der Waals surface area contributed by atoms with Crippen molar-refractivity contribution in [1.29, 1.82) is 0 Å². The van der Waals surface area contributed by atoms with E-state index >= 15 is 0 Å². The van der Waals surface area contributed by atoms with Crippen LogP contribution in [0.3, 0.4) is 0 Å². The molecular formula is C13H24O2. The first-order chi connectivity index (χ1) is 7.27. The zero-order valence-electron chi connectivity index (χ0n) is 10.1. The molecule has 0 bridgehead atoms. The molecule has 0 amide bonds. The molecule has 0 radical (unpaired) electrons. The lowest BCUT2D eigenvalue weighted by molar-refractivity contribution is -0.140. The Kier molecular flexibility index (Phi) is 10.7. The molecule has 15 heavy (non-hydrogen) atoms. The Labute approximate surface area is 93.7 Å². The molecule has 0 aromatic rings. The van der Waals surface area contributed by atoms with Crippen LogP contribution in [-0.2, 0) is 9.53 Å². The topological polar surface area (TPSA) is 26.3 Å². The summed E-state index contributed by atoms with van der Waals surface area (Å²) < 4.78 is 4.55. The fraction of sp³-hybridized carbons (Fsp3) is 0.769. The third-order valence-corrected chi connectivity index (χ3v) is 2.17. The summed E-state index contributed by atoms with van der Waals surface area (Å²) >= 11 is 0. The number of rotatable bonds is 2. The van der Waals surface area contributed by atoms with Crippen LogP contribution >= 0.6 is 0 Å². The molecule has 0 saturated carbocycles. The standard InChI is InChI=1S/C8H14.C5H10O2/c1-2-4-6-8-7-5-3-1;1-3-4-7-5(2)6/h1-2H,3-8H2;3-4H2,1-2H3. The van der Waals surface area contributed by atoms with E-state index in [1.54, 1.807) is 0 Å². The summed E-state index contributed by atoms with van der Waals surface area (Å²) in [5, 5.41) is 0. The summed E-state index contributed by atoms with van der Waals surface area (Å²) in [7, 11) is 0. The summed E-state index contributed by atoms with van der Waals surface area (Å²) in [5.74, 6) is -0.193. The quantitative estimate of drug-likeness (QED) is 0.513. The van der Waals surface area contributed by atoms with Gasteiger partial charge in [0.2, 0.25) is 0 Å². The molecule has 0 saturated heterocycles. The maximum atomic E-state index is 9.98. The zero-order valence-corrected chi connectivity index (χ0v) is 10.1. The molecule has 0 aromatic heterocycles. The summed E-state index contributed by atoms with van der Waals surface area (Å²) in [4.78, 5) is 9.98. The Bertz CT molecular complexity index is 163. The highest BCUT2D eigenvalue weighted by Gasteiger charge is 1.90. The van der Waals surface area contributed by atoms with Gasteiger partial charge in [0.15, 0.2) is 0 Å². The second-order valence-corrected chi connectivity index (χ2v) is 3.80. The number of carbonyl (C=O) groups is 1. The molecular weight excluding hydrogens is 188 g/mol. The Balaban J connectivity index is 0.000000265. The van der Waals surface area contributed by atoms with E-state index in [9.17, 15) is 4.79 Å². The van der Waals surface area contributed by atoms with E-state index in [4.69, 9.17) is 0 Å². The largest absolute Gasteiger partial charge is 0.466 e. The molecule has 0 heterocycles. The van der Waals surface area contributed by atoms with E-state index in [-0.39, 0.29) is 5.97 Å². The number of hydrogen-bond acceptors (Lipinski definition) is 2. The number of ether oxygens (including phenoxy) is 1. The summed E-state index contributed by atoms with van der Waals surface area (Å²) in [6, 6.07) is 0. The van der Waals surface area contributed by atoms with Crippen LogP contribution in [0.4, 0.5) is 0 Å². The maximum Gasteiger partial charge on any atom is 0.302 e. The van der Waals surface area contributed by atoms with E-state index in [2.05, 4.69) is 16.9 Å². The van der Waals surface area contributed by atoms with Gasteiger partial charge >= 0.3 is 5.97 Å².